The minimum Gasteiger partial charge on any atom is -0.355 e. The van der Waals surface area contributed by atoms with Crippen LogP contribution in [0.25, 0.3) is 0 Å². The lowest BCUT2D eigenvalue weighted by Gasteiger charge is -2.30. The van der Waals surface area contributed by atoms with E-state index in [2.05, 4.69) is 5.32 Å². The number of piperidine rings is 1. The Morgan fingerprint density at radius 3 is 2.96 bits per heavy atom. The van der Waals surface area contributed by atoms with E-state index >= 15 is 0 Å². The van der Waals surface area contributed by atoms with Crippen LogP contribution in [0.4, 0.5) is 0 Å². The van der Waals surface area contributed by atoms with Gasteiger partial charge in [0.25, 0.3) is 0 Å². The predicted molar refractivity (Wildman–Crippen MR) is 104 cm³/mol. The van der Waals surface area contributed by atoms with Crippen LogP contribution >= 0.6 is 23.4 Å². The van der Waals surface area contributed by atoms with Gasteiger partial charge in [-0.25, -0.2) is 12.7 Å². The number of amides is 1. The van der Waals surface area contributed by atoms with E-state index in [0.717, 1.165) is 34.9 Å². The summed E-state index contributed by atoms with van der Waals surface area (Å²) in [4.78, 5) is 12.3. The molecule has 1 N–H and O–H groups in total. The van der Waals surface area contributed by atoms with Crippen LogP contribution in [0.3, 0.4) is 0 Å². The number of rotatable bonds is 8. The average molecular weight is 405 g/mol. The molecular formula is C17H25ClN2O3S2. The maximum absolute atomic E-state index is 12.3. The van der Waals surface area contributed by atoms with E-state index in [4.69, 9.17) is 11.6 Å². The van der Waals surface area contributed by atoms with E-state index in [9.17, 15) is 13.2 Å². The number of nitrogens with zero attached hydrogens (tertiary/aromatic N) is 1. The van der Waals surface area contributed by atoms with Crippen molar-refractivity contribution in [3.63, 3.8) is 0 Å². The molecule has 0 aromatic heterocycles. The van der Waals surface area contributed by atoms with Crippen molar-refractivity contribution in [2.24, 2.45) is 5.92 Å². The lowest BCUT2D eigenvalue weighted by Crippen LogP contribution is -2.46. The Morgan fingerprint density at radius 2 is 2.24 bits per heavy atom. The quantitative estimate of drug-likeness (QED) is 0.676. The largest absolute Gasteiger partial charge is 0.355 e. The molecule has 1 amide bonds. The second-order valence-corrected chi connectivity index (χ2v) is 9.87. The smallest absolute Gasteiger partial charge is 0.224 e. The summed E-state index contributed by atoms with van der Waals surface area (Å²) in [5, 5.41) is 3.66. The second kappa shape index (κ2) is 9.80. The molecule has 1 aromatic rings. The standard InChI is InChI=1S/C17H25ClN2O3S2/c1-2-25(22,23)20-9-4-6-15(12-20)17(21)19-8-10-24-13-14-5-3-7-16(18)11-14/h3,5,7,11,15H,2,4,6,8-10,12-13H2,1H3,(H,19,21)/t15-/m1/s1. The van der Waals surface area contributed by atoms with Gasteiger partial charge in [0, 0.05) is 36.2 Å². The number of benzene rings is 1. The van der Waals surface area contributed by atoms with Gasteiger partial charge in [0.15, 0.2) is 0 Å². The van der Waals surface area contributed by atoms with E-state index in [1.807, 2.05) is 24.3 Å². The number of sulfonamides is 1. The minimum absolute atomic E-state index is 0.0423. The Balaban J connectivity index is 1.69. The van der Waals surface area contributed by atoms with Crippen LogP contribution < -0.4 is 5.32 Å². The highest BCUT2D eigenvalue weighted by molar-refractivity contribution is 7.98. The first kappa shape index (κ1) is 20.6. The lowest BCUT2D eigenvalue weighted by molar-refractivity contribution is -0.125. The monoisotopic (exact) mass is 404 g/mol. The molecule has 1 fully saturated rings. The maximum atomic E-state index is 12.3. The summed E-state index contributed by atoms with van der Waals surface area (Å²) in [7, 11) is -3.21. The molecule has 140 valence electrons. The molecule has 0 unspecified atom stereocenters. The Bertz CT molecular complexity index is 682. The molecule has 1 saturated heterocycles. The van der Waals surface area contributed by atoms with Gasteiger partial charge in [-0.2, -0.15) is 11.8 Å². The zero-order valence-electron chi connectivity index (χ0n) is 14.4. The first-order valence-corrected chi connectivity index (χ1v) is 11.6. The van der Waals surface area contributed by atoms with Crippen LogP contribution in [0.2, 0.25) is 5.02 Å². The first-order valence-electron chi connectivity index (χ1n) is 8.50. The zero-order chi connectivity index (χ0) is 18.3. The summed E-state index contributed by atoms with van der Waals surface area (Å²) in [5.41, 5.74) is 1.16. The van der Waals surface area contributed by atoms with Gasteiger partial charge in [0.05, 0.1) is 11.7 Å². The molecular weight excluding hydrogens is 380 g/mol. The van der Waals surface area contributed by atoms with Gasteiger partial charge in [-0.05, 0) is 37.5 Å². The summed E-state index contributed by atoms with van der Waals surface area (Å²) in [6, 6.07) is 7.75. The van der Waals surface area contributed by atoms with Crippen molar-refractivity contribution in [2.75, 3.05) is 31.1 Å². The maximum Gasteiger partial charge on any atom is 0.224 e. The molecule has 1 aliphatic rings. The normalized spacial score (nSPS) is 18.9. The Morgan fingerprint density at radius 1 is 1.44 bits per heavy atom. The first-order chi connectivity index (χ1) is 11.9. The van der Waals surface area contributed by atoms with Crippen molar-refractivity contribution in [2.45, 2.75) is 25.5 Å². The van der Waals surface area contributed by atoms with Crippen molar-refractivity contribution >= 4 is 39.3 Å². The SMILES string of the molecule is CCS(=O)(=O)N1CCC[C@@H](C(=O)NCCSCc2cccc(Cl)c2)C1. The van der Waals surface area contributed by atoms with Crippen LogP contribution in [0, 0.1) is 5.92 Å². The van der Waals surface area contributed by atoms with Crippen molar-refractivity contribution in [3.8, 4) is 0 Å². The highest BCUT2D eigenvalue weighted by atomic mass is 35.5. The summed E-state index contributed by atoms with van der Waals surface area (Å²) in [6.07, 6.45) is 1.48. The lowest BCUT2D eigenvalue weighted by atomic mass is 9.99. The zero-order valence-corrected chi connectivity index (χ0v) is 16.8. The number of nitrogens with one attached hydrogen (secondary N) is 1. The molecule has 25 heavy (non-hydrogen) atoms. The third kappa shape index (κ3) is 6.47. The van der Waals surface area contributed by atoms with Gasteiger partial charge in [-0.3, -0.25) is 4.79 Å². The van der Waals surface area contributed by atoms with Crippen molar-refractivity contribution < 1.29 is 13.2 Å². The molecule has 0 saturated carbocycles. The van der Waals surface area contributed by atoms with Crippen molar-refractivity contribution in [1.82, 2.24) is 9.62 Å². The molecule has 0 aliphatic carbocycles. The summed E-state index contributed by atoms with van der Waals surface area (Å²) >= 11 is 7.69. The molecule has 1 aliphatic heterocycles. The van der Waals surface area contributed by atoms with Gasteiger partial charge >= 0.3 is 0 Å². The Hall–Kier alpha value is -0.760. The Labute approximate surface area is 159 Å². The van der Waals surface area contributed by atoms with Gasteiger partial charge in [-0.15, -0.1) is 0 Å². The summed E-state index contributed by atoms with van der Waals surface area (Å²) < 4.78 is 25.4. The van der Waals surface area contributed by atoms with Gasteiger partial charge in [-0.1, -0.05) is 23.7 Å². The fourth-order valence-electron chi connectivity index (χ4n) is 2.80. The average Bonchev–Trinajstić information content (AvgIpc) is 2.61. The van der Waals surface area contributed by atoms with Gasteiger partial charge in [0.2, 0.25) is 15.9 Å². The molecule has 0 bridgehead atoms. The fourth-order valence-corrected chi connectivity index (χ4v) is 5.00. The van der Waals surface area contributed by atoms with Crippen molar-refractivity contribution in [1.29, 1.82) is 0 Å². The van der Waals surface area contributed by atoms with Gasteiger partial charge < -0.3 is 5.32 Å². The molecule has 0 radical (unpaired) electrons. The number of thioether (sulfide) groups is 1. The predicted octanol–water partition coefficient (Wildman–Crippen LogP) is 2.75. The number of halogens is 1. The molecule has 8 heteroatoms. The highest BCUT2D eigenvalue weighted by Crippen LogP contribution is 2.20. The highest BCUT2D eigenvalue weighted by Gasteiger charge is 2.31. The van der Waals surface area contributed by atoms with E-state index in [0.29, 0.717) is 19.6 Å². The van der Waals surface area contributed by atoms with E-state index in [1.54, 1.807) is 18.7 Å². The molecule has 2 rings (SSSR count). The fraction of sp³-hybridized carbons (Fsp3) is 0.588. The minimum atomic E-state index is -3.21. The van der Waals surface area contributed by atoms with Crippen LogP contribution in [0.15, 0.2) is 24.3 Å². The molecule has 1 atom stereocenters. The third-order valence-corrected chi connectivity index (χ3v) is 7.33. The van der Waals surface area contributed by atoms with Crippen LogP contribution in [0.5, 0.6) is 0 Å². The molecule has 1 aromatic carbocycles. The Kier molecular flexibility index (Phi) is 8.06. The van der Waals surface area contributed by atoms with Gasteiger partial charge in [0.1, 0.15) is 0 Å². The summed E-state index contributed by atoms with van der Waals surface area (Å²) in [6.45, 7) is 3.05. The topological polar surface area (TPSA) is 66.5 Å². The molecule has 5 nitrogen and oxygen atoms in total. The number of hydrogen-bond acceptors (Lipinski definition) is 4. The van der Waals surface area contributed by atoms with E-state index < -0.39 is 10.0 Å². The molecule has 0 spiro atoms. The van der Waals surface area contributed by atoms with Crippen molar-refractivity contribution in [3.05, 3.63) is 34.9 Å². The van der Waals surface area contributed by atoms with E-state index in [-0.39, 0.29) is 17.6 Å². The number of hydrogen-bond donors (Lipinski definition) is 1. The van der Waals surface area contributed by atoms with Crippen LogP contribution in [-0.4, -0.2) is 49.8 Å². The number of carbonyl (C=O) groups is 1. The summed E-state index contributed by atoms with van der Waals surface area (Å²) in [5.74, 6) is 1.46. The molecule has 1 heterocycles. The third-order valence-electron chi connectivity index (χ3n) is 4.22. The van der Waals surface area contributed by atoms with Crippen LogP contribution in [0.1, 0.15) is 25.3 Å². The van der Waals surface area contributed by atoms with Crippen LogP contribution in [-0.2, 0) is 20.6 Å². The number of carbonyl (C=O) groups excluding carboxylic acids is 1. The second-order valence-electron chi connectivity index (χ2n) is 6.07. The van der Waals surface area contributed by atoms with E-state index in [1.165, 1.54) is 4.31 Å².